The van der Waals surface area contributed by atoms with Gasteiger partial charge in [0.2, 0.25) is 0 Å². The molecule has 6 atom stereocenters. The molecule has 2 fully saturated rings. The lowest BCUT2D eigenvalue weighted by Gasteiger charge is -2.43. The molecule has 13 heteroatoms. The van der Waals surface area contributed by atoms with Gasteiger partial charge in [0.25, 0.3) is 0 Å². The Morgan fingerprint density at radius 2 is 1.12 bits per heavy atom. The Morgan fingerprint density at radius 1 is 0.682 bits per heavy atom. The van der Waals surface area contributed by atoms with Crippen LogP contribution in [0.2, 0.25) is 0 Å². The van der Waals surface area contributed by atoms with Crippen LogP contribution in [0.3, 0.4) is 0 Å². The summed E-state index contributed by atoms with van der Waals surface area (Å²) >= 11 is 0. The van der Waals surface area contributed by atoms with Crippen molar-refractivity contribution in [2.24, 2.45) is 5.73 Å². The first kappa shape index (κ1) is 50.2. The number of likely N-dealkylation sites (N-methyl/N-ethyl adjacent to an activating group) is 2. The first-order chi connectivity index (χ1) is 31.2. The second kappa shape index (κ2) is 23.4. The molecular formula is C53H56F3N3O7. The number of carboxylic acid groups (broad SMARTS) is 1. The van der Waals surface area contributed by atoms with Crippen LogP contribution in [0.4, 0.5) is 13.2 Å². The van der Waals surface area contributed by atoms with Gasteiger partial charge >= 0.3 is 24.3 Å². The summed E-state index contributed by atoms with van der Waals surface area (Å²) in [6, 6.07) is 51.2. The van der Waals surface area contributed by atoms with Crippen molar-refractivity contribution >= 4 is 17.9 Å². The van der Waals surface area contributed by atoms with Crippen LogP contribution in [0.15, 0.2) is 170 Å². The molecule has 66 heavy (non-hydrogen) atoms. The maximum atomic E-state index is 13.0. The van der Waals surface area contributed by atoms with Crippen molar-refractivity contribution in [3.8, 4) is 5.75 Å². The van der Waals surface area contributed by atoms with Gasteiger partial charge in [-0.1, -0.05) is 171 Å². The number of esters is 2. The second-order valence-electron chi connectivity index (χ2n) is 15.9. The van der Waals surface area contributed by atoms with Crippen LogP contribution >= 0.6 is 0 Å². The number of benzene rings is 6. The Balaban J connectivity index is 0.000000205. The van der Waals surface area contributed by atoms with E-state index in [4.69, 9.17) is 20.3 Å². The fourth-order valence-corrected chi connectivity index (χ4v) is 7.89. The highest BCUT2D eigenvalue weighted by molar-refractivity contribution is 5.78. The number of halogens is 3. The van der Waals surface area contributed by atoms with Crippen molar-refractivity contribution in [1.29, 1.82) is 0 Å². The summed E-state index contributed by atoms with van der Waals surface area (Å²) in [5.41, 5.74) is 12.3. The normalized spacial score (nSPS) is 20.1. The van der Waals surface area contributed by atoms with Gasteiger partial charge in [0, 0.05) is 0 Å². The van der Waals surface area contributed by atoms with Gasteiger partial charge in [0.15, 0.2) is 0 Å². The number of rotatable bonds is 10. The third-order valence-electron chi connectivity index (χ3n) is 11.1. The predicted octanol–water partition coefficient (Wildman–Crippen LogP) is 10.0. The average Bonchev–Trinajstić information content (AvgIpc) is 3.30. The molecule has 0 aromatic heterocycles. The monoisotopic (exact) mass is 903 g/mol. The highest BCUT2D eigenvalue weighted by Gasteiger charge is 2.43. The quantitative estimate of drug-likeness (QED) is 0.128. The third kappa shape index (κ3) is 13.9. The van der Waals surface area contributed by atoms with E-state index >= 15 is 0 Å². The van der Waals surface area contributed by atoms with Crippen LogP contribution < -0.4 is 10.5 Å². The molecule has 2 saturated heterocycles. The molecule has 0 bridgehead atoms. The average molecular weight is 904 g/mol. The molecule has 8 rings (SSSR count). The van der Waals surface area contributed by atoms with Crippen LogP contribution in [0.5, 0.6) is 5.75 Å². The van der Waals surface area contributed by atoms with E-state index in [9.17, 15) is 27.6 Å². The summed E-state index contributed by atoms with van der Waals surface area (Å²) in [4.78, 5) is 39.2. The number of nitrogens with two attached hydrogens (primary N) is 1. The van der Waals surface area contributed by atoms with Crippen molar-refractivity contribution < 1.29 is 46.9 Å². The van der Waals surface area contributed by atoms with Crippen molar-refractivity contribution in [3.05, 3.63) is 209 Å². The van der Waals surface area contributed by atoms with E-state index in [1.165, 1.54) is 24.3 Å². The Kier molecular flexibility index (Phi) is 17.8. The minimum Gasteiger partial charge on any atom is -0.480 e. The van der Waals surface area contributed by atoms with Gasteiger partial charge in [-0.3, -0.25) is 24.2 Å². The lowest BCUT2D eigenvalue weighted by Crippen LogP contribution is -2.50. The number of aryl methyl sites for hydroxylation is 1. The van der Waals surface area contributed by atoms with Gasteiger partial charge in [-0.25, -0.2) is 0 Å². The molecule has 0 amide bonds. The number of morpholine rings is 2. The lowest BCUT2D eigenvalue weighted by atomic mass is 9.90. The molecule has 6 aromatic rings. The van der Waals surface area contributed by atoms with Crippen molar-refractivity contribution in [1.82, 2.24) is 9.80 Å². The van der Waals surface area contributed by atoms with Gasteiger partial charge < -0.3 is 25.1 Å². The van der Waals surface area contributed by atoms with Gasteiger partial charge in [0.05, 0.1) is 18.6 Å². The van der Waals surface area contributed by atoms with Gasteiger partial charge in [-0.05, 0) is 79.4 Å². The summed E-state index contributed by atoms with van der Waals surface area (Å²) in [5, 5.41) is 8.57. The van der Waals surface area contributed by atoms with Gasteiger partial charge in [0.1, 0.15) is 30.0 Å². The summed E-state index contributed by atoms with van der Waals surface area (Å²) < 4.78 is 52.7. The molecule has 346 valence electrons. The van der Waals surface area contributed by atoms with E-state index < -0.39 is 30.5 Å². The Labute approximate surface area is 384 Å². The van der Waals surface area contributed by atoms with Crippen LogP contribution in [0, 0.1) is 6.92 Å². The van der Waals surface area contributed by atoms with E-state index in [1.54, 1.807) is 0 Å². The highest BCUT2D eigenvalue weighted by atomic mass is 19.4. The number of carboxylic acids is 1. The first-order valence-corrected chi connectivity index (χ1v) is 21.1. The minimum absolute atomic E-state index is 0. The SMILES string of the molecule is C.CN1C(c2ccccc2)C(c2ccccc2)OC(=O)[C@H]1Cc1ccc(OC(F)(F)F)cc1.CN1CC(=O)OC(c2ccccc2)C1c1ccccc1.Cc1ccc(CC(N)C(=O)O)cc1. The zero-order valence-electron chi connectivity index (χ0n) is 36.3. The maximum Gasteiger partial charge on any atom is 0.573 e. The van der Waals surface area contributed by atoms with Crippen LogP contribution in [-0.4, -0.2) is 71.9 Å². The molecule has 5 unspecified atom stereocenters. The predicted molar refractivity (Wildman–Crippen MR) is 247 cm³/mol. The summed E-state index contributed by atoms with van der Waals surface area (Å²) in [6.45, 7) is 2.31. The Hall–Kier alpha value is -6.80. The Bertz CT molecular complexity index is 2430. The van der Waals surface area contributed by atoms with Gasteiger partial charge in [-0.15, -0.1) is 13.2 Å². The number of carbonyl (C=O) groups excluding carboxylic acids is 2. The summed E-state index contributed by atoms with van der Waals surface area (Å²) in [5.74, 6) is -1.80. The number of aliphatic carboxylic acids is 1. The van der Waals surface area contributed by atoms with Gasteiger partial charge in [-0.2, -0.15) is 0 Å². The van der Waals surface area contributed by atoms with Crippen molar-refractivity contribution in [3.63, 3.8) is 0 Å². The maximum absolute atomic E-state index is 13.0. The number of hydrogen-bond donors (Lipinski definition) is 2. The van der Waals surface area contributed by atoms with E-state index in [-0.39, 0.29) is 43.3 Å². The highest BCUT2D eigenvalue weighted by Crippen LogP contribution is 2.42. The Morgan fingerprint density at radius 3 is 1.59 bits per heavy atom. The van der Waals surface area contributed by atoms with E-state index in [2.05, 4.69) is 21.8 Å². The molecule has 0 spiro atoms. The molecule has 0 aliphatic carbocycles. The standard InChI is InChI=1S/C25H22F3NO3.C17H17NO2.C10H13NO2.CH4/c1-29-21(16-17-12-14-20(15-13-17)32-25(26,27)28)24(30)31-23(19-10-6-3-7-11-19)22(29)18-8-4-2-5-9-18;1-18-12-15(19)20-17(14-10-6-3-7-11-14)16(18)13-8-4-2-5-9-13;1-7-2-4-8(5-3-7)6-9(11)10(12)13;/h2-15,21-23H,16H2,1H3;2-11,16-17H,12H2,1H3;2-5,9H,6,11H2,1H3,(H,12,13);1H4/t21-,22?,23?;;;/m1.../s1. The lowest BCUT2D eigenvalue weighted by molar-refractivity contribution is -0.274. The number of carbonyl (C=O) groups is 3. The molecule has 3 N–H and O–H groups in total. The van der Waals surface area contributed by atoms with Crippen molar-refractivity contribution in [2.75, 3.05) is 20.6 Å². The molecule has 6 aromatic carbocycles. The van der Waals surface area contributed by atoms with E-state index in [0.717, 1.165) is 33.4 Å². The number of alkyl halides is 3. The number of ether oxygens (including phenoxy) is 3. The number of nitrogens with zero attached hydrogens (tertiary/aromatic N) is 2. The third-order valence-corrected chi connectivity index (χ3v) is 11.1. The van der Waals surface area contributed by atoms with E-state index in [1.807, 2.05) is 159 Å². The second-order valence-corrected chi connectivity index (χ2v) is 15.9. The molecule has 2 aliphatic rings. The fourth-order valence-electron chi connectivity index (χ4n) is 7.89. The zero-order chi connectivity index (χ0) is 46.5. The first-order valence-electron chi connectivity index (χ1n) is 21.1. The van der Waals surface area contributed by atoms with Crippen LogP contribution in [0.25, 0.3) is 0 Å². The fraction of sp³-hybridized carbons (Fsp3) is 0.264. The smallest absolute Gasteiger partial charge is 0.480 e. The van der Waals surface area contributed by atoms with Crippen molar-refractivity contribution in [2.45, 2.75) is 69.9 Å². The van der Waals surface area contributed by atoms with Crippen LogP contribution in [-0.2, 0) is 36.7 Å². The molecular weight excluding hydrogens is 848 g/mol. The van der Waals surface area contributed by atoms with Crippen LogP contribution in [0.1, 0.15) is 70.7 Å². The molecule has 10 nitrogen and oxygen atoms in total. The topological polar surface area (TPSA) is 132 Å². The molecule has 0 saturated carbocycles. The summed E-state index contributed by atoms with van der Waals surface area (Å²) in [7, 11) is 3.84. The minimum atomic E-state index is -4.75. The molecule has 0 radical (unpaired) electrons. The summed E-state index contributed by atoms with van der Waals surface area (Å²) in [6.07, 6.45) is -4.80. The zero-order valence-corrected chi connectivity index (χ0v) is 36.3. The van der Waals surface area contributed by atoms with E-state index in [0.29, 0.717) is 24.9 Å². The largest absolute Gasteiger partial charge is 0.573 e. The number of cyclic esters (lactones) is 2. The molecule has 2 heterocycles. The molecule has 2 aliphatic heterocycles. The number of hydrogen-bond acceptors (Lipinski definition) is 9.